The Labute approximate surface area is 190 Å². The SMILES string of the molecule is CC(C)(C)OC(=O)Nc1ccnc(C=Cc2cccc(Nc3nc(Cl)ncc3Cl)c2)c1. The Bertz CT molecular complexity index is 1110. The molecule has 0 aliphatic heterocycles. The third-order valence-electron chi connectivity index (χ3n) is 3.74. The van der Waals surface area contributed by atoms with E-state index in [4.69, 9.17) is 27.9 Å². The number of nitrogens with zero attached hydrogens (tertiary/aromatic N) is 3. The molecule has 2 aromatic heterocycles. The Morgan fingerprint density at radius 3 is 2.65 bits per heavy atom. The molecule has 2 N–H and O–H groups in total. The van der Waals surface area contributed by atoms with Crippen molar-refractivity contribution in [3.8, 4) is 0 Å². The second kappa shape index (κ2) is 9.76. The third-order valence-corrected chi connectivity index (χ3v) is 4.20. The summed E-state index contributed by atoms with van der Waals surface area (Å²) in [7, 11) is 0. The summed E-state index contributed by atoms with van der Waals surface area (Å²) < 4.78 is 5.27. The minimum atomic E-state index is -0.569. The predicted molar refractivity (Wildman–Crippen MR) is 125 cm³/mol. The number of hydrogen-bond acceptors (Lipinski definition) is 6. The number of pyridine rings is 1. The van der Waals surface area contributed by atoms with Gasteiger partial charge in [0, 0.05) is 17.6 Å². The number of carbonyl (C=O) groups is 1. The minimum absolute atomic E-state index is 0.105. The van der Waals surface area contributed by atoms with Gasteiger partial charge in [-0.05, 0) is 68.3 Å². The van der Waals surface area contributed by atoms with E-state index in [2.05, 4.69) is 25.6 Å². The first-order valence-electron chi connectivity index (χ1n) is 9.37. The van der Waals surface area contributed by atoms with E-state index in [1.807, 2.05) is 57.2 Å². The lowest BCUT2D eigenvalue weighted by Crippen LogP contribution is -2.27. The maximum absolute atomic E-state index is 11.9. The van der Waals surface area contributed by atoms with E-state index in [1.54, 1.807) is 18.3 Å². The number of benzene rings is 1. The van der Waals surface area contributed by atoms with Gasteiger partial charge in [-0.1, -0.05) is 29.8 Å². The van der Waals surface area contributed by atoms with Crippen LogP contribution in [-0.4, -0.2) is 26.6 Å². The zero-order chi connectivity index (χ0) is 22.4. The van der Waals surface area contributed by atoms with Crippen molar-refractivity contribution < 1.29 is 9.53 Å². The first-order valence-corrected chi connectivity index (χ1v) is 10.1. The van der Waals surface area contributed by atoms with E-state index in [0.717, 1.165) is 11.3 Å². The summed E-state index contributed by atoms with van der Waals surface area (Å²) in [4.78, 5) is 24.2. The highest BCUT2D eigenvalue weighted by Crippen LogP contribution is 2.24. The first-order chi connectivity index (χ1) is 14.7. The average molecular weight is 458 g/mol. The Balaban J connectivity index is 1.70. The Morgan fingerprint density at radius 1 is 1.06 bits per heavy atom. The molecule has 1 aromatic carbocycles. The van der Waals surface area contributed by atoms with Crippen LogP contribution < -0.4 is 10.6 Å². The lowest BCUT2D eigenvalue weighted by molar-refractivity contribution is 0.0636. The van der Waals surface area contributed by atoms with Gasteiger partial charge in [-0.2, -0.15) is 4.98 Å². The lowest BCUT2D eigenvalue weighted by Gasteiger charge is -2.19. The van der Waals surface area contributed by atoms with E-state index < -0.39 is 11.7 Å². The van der Waals surface area contributed by atoms with Crippen LogP contribution in [0.3, 0.4) is 0 Å². The van der Waals surface area contributed by atoms with Crippen molar-refractivity contribution in [3.05, 3.63) is 70.4 Å². The maximum atomic E-state index is 11.9. The molecule has 2 heterocycles. The Hall–Kier alpha value is -3.16. The molecule has 0 fully saturated rings. The zero-order valence-corrected chi connectivity index (χ0v) is 18.7. The van der Waals surface area contributed by atoms with Crippen LogP contribution in [0.5, 0.6) is 0 Å². The molecule has 3 rings (SSSR count). The van der Waals surface area contributed by atoms with Gasteiger partial charge >= 0.3 is 6.09 Å². The van der Waals surface area contributed by atoms with E-state index in [-0.39, 0.29) is 5.28 Å². The molecule has 0 saturated carbocycles. The van der Waals surface area contributed by atoms with Crippen LogP contribution >= 0.6 is 23.2 Å². The molecule has 0 aliphatic carbocycles. The fourth-order valence-corrected chi connectivity index (χ4v) is 2.78. The normalized spacial score (nSPS) is 11.4. The number of aromatic nitrogens is 3. The molecule has 7 nitrogen and oxygen atoms in total. The second-order valence-electron chi connectivity index (χ2n) is 7.52. The standard InChI is InChI=1S/C22H21Cl2N5O2/c1-22(2,3)31-21(30)28-17-9-10-25-15(12-17)8-7-14-5-4-6-16(11-14)27-19-18(23)13-26-20(24)29-19/h4-13H,1-3H3,(H,25,28,30)(H,26,27,29). The summed E-state index contributed by atoms with van der Waals surface area (Å²) in [5.41, 5.74) is 2.41. The molecule has 160 valence electrons. The molecular formula is C22H21Cl2N5O2. The number of hydrogen-bond donors (Lipinski definition) is 2. The molecule has 0 atom stereocenters. The minimum Gasteiger partial charge on any atom is -0.444 e. The number of anilines is 3. The highest BCUT2D eigenvalue weighted by atomic mass is 35.5. The van der Waals surface area contributed by atoms with Gasteiger partial charge in [0.05, 0.1) is 11.9 Å². The van der Waals surface area contributed by atoms with Crippen LogP contribution in [0, 0.1) is 0 Å². The van der Waals surface area contributed by atoms with Crippen LogP contribution in [0.2, 0.25) is 10.3 Å². The highest BCUT2D eigenvalue weighted by Gasteiger charge is 2.16. The van der Waals surface area contributed by atoms with E-state index >= 15 is 0 Å². The number of nitrogens with one attached hydrogen (secondary N) is 2. The fraction of sp³-hybridized carbons (Fsp3) is 0.182. The van der Waals surface area contributed by atoms with Crippen LogP contribution in [0.4, 0.5) is 22.0 Å². The molecule has 0 unspecified atom stereocenters. The van der Waals surface area contributed by atoms with Gasteiger partial charge in [0.1, 0.15) is 10.6 Å². The number of amides is 1. The zero-order valence-electron chi connectivity index (χ0n) is 17.2. The molecule has 0 saturated heterocycles. The number of ether oxygens (including phenoxy) is 1. The molecule has 9 heteroatoms. The number of rotatable bonds is 5. The molecule has 0 spiro atoms. The summed E-state index contributed by atoms with van der Waals surface area (Å²) in [6, 6.07) is 11.1. The third kappa shape index (κ3) is 7.24. The van der Waals surface area contributed by atoms with E-state index in [9.17, 15) is 4.79 Å². The van der Waals surface area contributed by atoms with Crippen molar-refractivity contribution in [2.45, 2.75) is 26.4 Å². The van der Waals surface area contributed by atoms with Gasteiger partial charge in [0.15, 0.2) is 5.82 Å². The number of carbonyl (C=O) groups excluding carboxylic acids is 1. The smallest absolute Gasteiger partial charge is 0.412 e. The van der Waals surface area contributed by atoms with Crippen LogP contribution in [0.15, 0.2) is 48.8 Å². The van der Waals surface area contributed by atoms with Crippen molar-refractivity contribution in [1.82, 2.24) is 15.0 Å². The summed E-state index contributed by atoms with van der Waals surface area (Å²) in [6.45, 7) is 5.43. The van der Waals surface area contributed by atoms with Crippen LogP contribution in [0.25, 0.3) is 12.2 Å². The molecule has 3 aromatic rings. The van der Waals surface area contributed by atoms with Gasteiger partial charge in [-0.25, -0.2) is 9.78 Å². The maximum Gasteiger partial charge on any atom is 0.412 e. The molecule has 0 bridgehead atoms. The Kier molecular flexibility index (Phi) is 7.09. The van der Waals surface area contributed by atoms with Crippen molar-refractivity contribution in [1.29, 1.82) is 0 Å². The van der Waals surface area contributed by atoms with Gasteiger partial charge < -0.3 is 10.1 Å². The summed E-state index contributed by atoms with van der Waals surface area (Å²) >= 11 is 11.9. The van der Waals surface area contributed by atoms with Gasteiger partial charge in [0.25, 0.3) is 0 Å². The quantitative estimate of drug-likeness (QED) is 0.428. The van der Waals surface area contributed by atoms with Gasteiger partial charge in [0.2, 0.25) is 5.28 Å². The molecule has 0 aliphatic rings. The summed E-state index contributed by atoms with van der Waals surface area (Å²) in [5.74, 6) is 0.422. The predicted octanol–water partition coefficient (Wildman–Crippen LogP) is 6.44. The Morgan fingerprint density at radius 2 is 1.87 bits per heavy atom. The first kappa shape index (κ1) is 22.5. The van der Waals surface area contributed by atoms with Crippen LogP contribution in [-0.2, 0) is 4.74 Å². The molecule has 31 heavy (non-hydrogen) atoms. The molecular weight excluding hydrogens is 437 g/mol. The van der Waals surface area contributed by atoms with Crippen molar-refractivity contribution in [3.63, 3.8) is 0 Å². The fourth-order valence-electron chi connectivity index (χ4n) is 2.51. The second-order valence-corrected chi connectivity index (χ2v) is 8.26. The van der Waals surface area contributed by atoms with Gasteiger partial charge in [-0.15, -0.1) is 0 Å². The van der Waals surface area contributed by atoms with Crippen molar-refractivity contribution in [2.75, 3.05) is 10.6 Å². The molecule has 1 amide bonds. The largest absolute Gasteiger partial charge is 0.444 e. The summed E-state index contributed by atoms with van der Waals surface area (Å²) in [5, 5.41) is 6.30. The lowest BCUT2D eigenvalue weighted by atomic mass is 10.1. The molecule has 0 radical (unpaired) electrons. The topological polar surface area (TPSA) is 89.0 Å². The van der Waals surface area contributed by atoms with Crippen molar-refractivity contribution in [2.24, 2.45) is 0 Å². The number of halogens is 2. The average Bonchev–Trinajstić information content (AvgIpc) is 2.68. The van der Waals surface area contributed by atoms with E-state index in [1.165, 1.54) is 6.20 Å². The van der Waals surface area contributed by atoms with E-state index in [0.29, 0.717) is 22.2 Å². The van der Waals surface area contributed by atoms with Crippen molar-refractivity contribution >= 4 is 58.6 Å². The van der Waals surface area contributed by atoms with Gasteiger partial charge in [-0.3, -0.25) is 10.3 Å². The van der Waals surface area contributed by atoms with Crippen LogP contribution in [0.1, 0.15) is 32.0 Å². The summed E-state index contributed by atoms with van der Waals surface area (Å²) in [6.07, 6.45) is 6.28. The highest BCUT2D eigenvalue weighted by molar-refractivity contribution is 6.33. The monoisotopic (exact) mass is 457 g/mol.